The van der Waals surface area contributed by atoms with Crippen molar-refractivity contribution < 1.29 is 4.39 Å². The number of benzene rings is 1. The first kappa shape index (κ1) is 11.4. The van der Waals surface area contributed by atoms with Crippen LogP contribution in [0.4, 0.5) is 10.1 Å². The first-order valence-electron chi connectivity index (χ1n) is 4.76. The molecule has 2 rings (SSSR count). The summed E-state index contributed by atoms with van der Waals surface area (Å²) in [6.07, 6.45) is 1.66. The molecule has 16 heavy (non-hydrogen) atoms. The van der Waals surface area contributed by atoms with E-state index in [0.29, 0.717) is 14.9 Å². The summed E-state index contributed by atoms with van der Waals surface area (Å²) in [6, 6.07) is 3.06. The van der Waals surface area contributed by atoms with E-state index in [-0.39, 0.29) is 5.82 Å². The zero-order chi connectivity index (χ0) is 11.9. The van der Waals surface area contributed by atoms with Crippen molar-refractivity contribution in [1.82, 2.24) is 9.55 Å². The molecule has 2 aromatic rings. The quantitative estimate of drug-likeness (QED) is 0.645. The molecule has 0 amide bonds. The maximum atomic E-state index is 13.5. The van der Waals surface area contributed by atoms with Crippen molar-refractivity contribution in [2.75, 3.05) is 5.73 Å². The highest BCUT2D eigenvalue weighted by Gasteiger charge is 2.10. The third kappa shape index (κ3) is 1.79. The average molecular weight is 331 g/mol. The Morgan fingerprint density at radius 1 is 1.38 bits per heavy atom. The van der Waals surface area contributed by atoms with E-state index >= 15 is 0 Å². The maximum absolute atomic E-state index is 13.5. The summed E-state index contributed by atoms with van der Waals surface area (Å²) in [6.45, 7) is 3.84. The molecule has 1 aromatic carbocycles. The van der Waals surface area contributed by atoms with Gasteiger partial charge in [0.1, 0.15) is 5.82 Å². The van der Waals surface area contributed by atoms with Crippen molar-refractivity contribution in [1.29, 1.82) is 0 Å². The predicted octanol–water partition coefficient (Wildman–Crippen LogP) is 2.82. The molecule has 1 heterocycles. The van der Waals surface area contributed by atoms with Crippen LogP contribution in [0, 0.1) is 23.2 Å². The Bertz CT molecular complexity index is 548. The highest BCUT2D eigenvalue weighted by atomic mass is 127. The number of nitrogens with zero attached hydrogens (tertiary/aromatic N) is 2. The molecule has 0 unspecified atom stereocenters. The number of halogens is 2. The van der Waals surface area contributed by atoms with Gasteiger partial charge in [-0.15, -0.1) is 0 Å². The second-order valence-electron chi connectivity index (χ2n) is 3.61. The Labute approximate surface area is 107 Å². The summed E-state index contributed by atoms with van der Waals surface area (Å²) in [5, 5.41) is 0. The third-order valence-corrected chi connectivity index (χ3v) is 3.41. The van der Waals surface area contributed by atoms with Gasteiger partial charge in [-0.1, -0.05) is 0 Å². The number of aryl methyl sites for hydroxylation is 1. The van der Waals surface area contributed by atoms with Gasteiger partial charge in [-0.05, 0) is 42.5 Å². The molecule has 0 fully saturated rings. The van der Waals surface area contributed by atoms with E-state index in [1.165, 1.54) is 6.07 Å². The summed E-state index contributed by atoms with van der Waals surface area (Å²) in [7, 11) is 0. The molecule has 0 bridgehead atoms. The van der Waals surface area contributed by atoms with Crippen molar-refractivity contribution in [3.63, 3.8) is 0 Å². The second kappa shape index (κ2) is 4.04. The molecule has 0 saturated heterocycles. The molecule has 0 aliphatic heterocycles. The summed E-state index contributed by atoms with van der Waals surface area (Å²) in [4.78, 5) is 4.17. The number of hydrogen-bond acceptors (Lipinski definition) is 2. The molecule has 0 radical (unpaired) electrons. The Balaban J connectivity index is 2.65. The smallest absolute Gasteiger partial charge is 0.138 e. The van der Waals surface area contributed by atoms with E-state index in [9.17, 15) is 4.39 Å². The van der Waals surface area contributed by atoms with Crippen LogP contribution < -0.4 is 5.73 Å². The molecule has 0 atom stereocenters. The van der Waals surface area contributed by atoms with Crippen LogP contribution in [0.1, 0.15) is 11.4 Å². The number of nitrogens with two attached hydrogens (primary N) is 1. The number of anilines is 1. The van der Waals surface area contributed by atoms with Crippen molar-refractivity contribution in [3.8, 4) is 5.69 Å². The van der Waals surface area contributed by atoms with Gasteiger partial charge in [0.05, 0.1) is 27.0 Å². The fourth-order valence-electron chi connectivity index (χ4n) is 1.50. The minimum Gasteiger partial charge on any atom is -0.397 e. The molecule has 1 aromatic heterocycles. The zero-order valence-electron chi connectivity index (χ0n) is 8.96. The van der Waals surface area contributed by atoms with Gasteiger partial charge in [0.2, 0.25) is 0 Å². The van der Waals surface area contributed by atoms with E-state index in [0.717, 1.165) is 11.4 Å². The van der Waals surface area contributed by atoms with Crippen LogP contribution in [0.2, 0.25) is 0 Å². The van der Waals surface area contributed by atoms with Crippen molar-refractivity contribution >= 4 is 28.3 Å². The lowest BCUT2D eigenvalue weighted by Gasteiger charge is -2.10. The average Bonchev–Trinajstić information content (AvgIpc) is 2.54. The van der Waals surface area contributed by atoms with Crippen LogP contribution in [0.5, 0.6) is 0 Å². The topological polar surface area (TPSA) is 43.8 Å². The van der Waals surface area contributed by atoms with Crippen LogP contribution >= 0.6 is 22.6 Å². The number of nitrogen functional groups attached to an aromatic ring is 1. The van der Waals surface area contributed by atoms with Crippen LogP contribution in [-0.2, 0) is 0 Å². The van der Waals surface area contributed by atoms with Crippen molar-refractivity contribution in [3.05, 3.63) is 39.2 Å². The summed E-state index contributed by atoms with van der Waals surface area (Å²) in [5.74, 6) is -0.268. The normalized spacial score (nSPS) is 10.8. The second-order valence-corrected chi connectivity index (χ2v) is 4.77. The summed E-state index contributed by atoms with van der Waals surface area (Å²) < 4.78 is 15.8. The molecule has 0 saturated carbocycles. The lowest BCUT2D eigenvalue weighted by Crippen LogP contribution is -2.02. The van der Waals surface area contributed by atoms with Gasteiger partial charge in [0.25, 0.3) is 0 Å². The number of hydrogen-bond donors (Lipinski definition) is 1. The van der Waals surface area contributed by atoms with Gasteiger partial charge >= 0.3 is 0 Å². The monoisotopic (exact) mass is 331 g/mol. The molecule has 0 aliphatic carbocycles. The molecular formula is C11H11FIN3. The van der Waals surface area contributed by atoms with Crippen molar-refractivity contribution in [2.45, 2.75) is 13.8 Å². The fourth-order valence-corrected chi connectivity index (χ4v) is 1.99. The summed E-state index contributed by atoms with van der Waals surface area (Å²) >= 11 is 1.92. The van der Waals surface area contributed by atoms with Gasteiger partial charge in [0, 0.05) is 11.8 Å². The molecule has 2 N–H and O–H groups in total. The number of imidazole rings is 1. The molecule has 3 nitrogen and oxygen atoms in total. The Morgan fingerprint density at radius 3 is 2.62 bits per heavy atom. The first-order valence-corrected chi connectivity index (χ1v) is 5.84. The minimum absolute atomic E-state index is 0.268. The number of rotatable bonds is 1. The molecular weight excluding hydrogens is 320 g/mol. The van der Waals surface area contributed by atoms with Gasteiger partial charge < -0.3 is 10.3 Å². The van der Waals surface area contributed by atoms with E-state index < -0.39 is 0 Å². The van der Waals surface area contributed by atoms with E-state index in [4.69, 9.17) is 5.73 Å². The highest BCUT2D eigenvalue weighted by molar-refractivity contribution is 14.1. The van der Waals surface area contributed by atoms with Gasteiger partial charge in [-0.3, -0.25) is 0 Å². The summed E-state index contributed by atoms with van der Waals surface area (Å²) in [5.41, 5.74) is 8.94. The van der Waals surface area contributed by atoms with E-state index in [1.807, 2.05) is 36.4 Å². The standard InChI is InChI=1S/C11H11FIN3/c1-6-7(2)16(5-15-6)11-3-8(12)9(13)4-10(11)14/h3-5H,14H2,1-2H3. The lowest BCUT2D eigenvalue weighted by atomic mass is 10.2. The zero-order valence-corrected chi connectivity index (χ0v) is 11.1. The van der Waals surface area contributed by atoms with Gasteiger partial charge in [-0.2, -0.15) is 0 Å². The highest BCUT2D eigenvalue weighted by Crippen LogP contribution is 2.24. The fraction of sp³-hybridized carbons (Fsp3) is 0.182. The van der Waals surface area contributed by atoms with Crippen LogP contribution in [0.3, 0.4) is 0 Å². The molecule has 84 valence electrons. The molecule has 0 spiro atoms. The number of aromatic nitrogens is 2. The molecule has 5 heteroatoms. The first-order chi connectivity index (χ1) is 7.50. The van der Waals surface area contributed by atoms with Crippen LogP contribution in [0.15, 0.2) is 18.5 Å². The third-order valence-electron chi connectivity index (χ3n) is 2.58. The van der Waals surface area contributed by atoms with Gasteiger partial charge in [0.15, 0.2) is 0 Å². The minimum atomic E-state index is -0.268. The Morgan fingerprint density at radius 2 is 2.06 bits per heavy atom. The van der Waals surface area contributed by atoms with Crippen molar-refractivity contribution in [2.24, 2.45) is 0 Å². The molecule has 0 aliphatic rings. The van der Waals surface area contributed by atoms with E-state index in [2.05, 4.69) is 4.98 Å². The van der Waals surface area contributed by atoms with Gasteiger partial charge in [-0.25, -0.2) is 9.37 Å². The Kier molecular flexibility index (Phi) is 2.88. The van der Waals surface area contributed by atoms with E-state index in [1.54, 1.807) is 17.0 Å². The largest absolute Gasteiger partial charge is 0.397 e. The maximum Gasteiger partial charge on any atom is 0.138 e. The van der Waals surface area contributed by atoms with Crippen LogP contribution in [-0.4, -0.2) is 9.55 Å². The SMILES string of the molecule is Cc1ncn(-c2cc(F)c(I)cc2N)c1C. The van der Waals surface area contributed by atoms with Crippen LogP contribution in [0.25, 0.3) is 5.69 Å². The Hall–Kier alpha value is -1.11. The lowest BCUT2D eigenvalue weighted by molar-refractivity contribution is 0.619. The predicted molar refractivity (Wildman–Crippen MR) is 70.1 cm³/mol.